The summed E-state index contributed by atoms with van der Waals surface area (Å²) in [6, 6.07) is 15.2. The van der Waals surface area contributed by atoms with E-state index < -0.39 is 15.8 Å². The van der Waals surface area contributed by atoms with E-state index in [-0.39, 0.29) is 22.1 Å². The number of halogens is 1. The Bertz CT molecular complexity index is 1260. The summed E-state index contributed by atoms with van der Waals surface area (Å²) in [5, 5.41) is 2.81. The predicted octanol–water partition coefficient (Wildman–Crippen LogP) is 3.92. The van der Waals surface area contributed by atoms with Crippen LogP contribution in [0.1, 0.15) is 21.5 Å². The van der Waals surface area contributed by atoms with Crippen molar-refractivity contribution in [3.63, 3.8) is 0 Å². The minimum atomic E-state index is -4.01. The van der Waals surface area contributed by atoms with E-state index in [4.69, 9.17) is 9.47 Å². The van der Waals surface area contributed by atoms with Gasteiger partial charge in [0, 0.05) is 23.9 Å². The van der Waals surface area contributed by atoms with Crippen LogP contribution < -0.4 is 19.5 Å². The number of amides is 1. The molecule has 174 valence electrons. The molecule has 0 aliphatic rings. The molecule has 33 heavy (non-hydrogen) atoms. The second-order valence-corrected chi connectivity index (χ2v) is 8.96. The van der Waals surface area contributed by atoms with Gasteiger partial charge in [0.25, 0.3) is 15.9 Å². The molecule has 0 saturated heterocycles. The summed E-state index contributed by atoms with van der Waals surface area (Å²) in [6.07, 6.45) is 0.532. The Balaban J connectivity index is 1.65. The number of nitrogens with one attached hydrogen (secondary N) is 2. The molecule has 3 aromatic rings. The van der Waals surface area contributed by atoms with Crippen LogP contribution in [0.3, 0.4) is 0 Å². The second-order valence-electron chi connectivity index (χ2n) is 7.28. The summed E-state index contributed by atoms with van der Waals surface area (Å²) in [6.45, 7) is 1.89. The molecule has 0 aliphatic heterocycles. The maximum Gasteiger partial charge on any atom is 0.261 e. The molecule has 0 saturated carbocycles. The number of carbonyl (C=O) groups excluding carboxylic acids is 1. The van der Waals surface area contributed by atoms with Crippen molar-refractivity contribution in [2.45, 2.75) is 18.2 Å². The lowest BCUT2D eigenvalue weighted by atomic mass is 10.1. The SMILES string of the molecule is COc1ccc(CCNC(=O)c2cccc(NS(=O)(=O)c3ccc(C)c(F)c3)c2)c(OC)c1. The molecule has 0 atom stereocenters. The minimum absolute atomic E-state index is 0.195. The smallest absolute Gasteiger partial charge is 0.261 e. The Morgan fingerprint density at radius 1 is 1.00 bits per heavy atom. The number of anilines is 1. The van der Waals surface area contributed by atoms with Crippen LogP contribution >= 0.6 is 0 Å². The molecule has 3 aromatic carbocycles. The number of methoxy groups -OCH3 is 2. The lowest BCUT2D eigenvalue weighted by Gasteiger charge is -2.12. The number of aryl methyl sites for hydroxylation is 1. The molecule has 0 unspecified atom stereocenters. The van der Waals surface area contributed by atoms with E-state index in [1.54, 1.807) is 39.3 Å². The third-order valence-corrected chi connectivity index (χ3v) is 6.38. The Labute approximate surface area is 192 Å². The van der Waals surface area contributed by atoms with Gasteiger partial charge >= 0.3 is 0 Å². The van der Waals surface area contributed by atoms with Crippen molar-refractivity contribution >= 4 is 21.6 Å². The Morgan fingerprint density at radius 3 is 2.48 bits per heavy atom. The van der Waals surface area contributed by atoms with Crippen molar-refractivity contribution in [1.82, 2.24) is 5.32 Å². The topological polar surface area (TPSA) is 93.7 Å². The summed E-state index contributed by atoms with van der Waals surface area (Å²) in [5.41, 5.74) is 1.73. The van der Waals surface area contributed by atoms with Gasteiger partial charge in [-0.2, -0.15) is 0 Å². The summed E-state index contributed by atoms with van der Waals surface area (Å²) in [4.78, 5) is 12.4. The number of hydrogen-bond acceptors (Lipinski definition) is 5. The van der Waals surface area contributed by atoms with Gasteiger partial charge in [-0.15, -0.1) is 0 Å². The monoisotopic (exact) mass is 472 g/mol. The molecule has 0 spiro atoms. The number of benzene rings is 3. The normalized spacial score (nSPS) is 11.0. The zero-order chi connectivity index (χ0) is 24.0. The first kappa shape index (κ1) is 24.1. The molecule has 0 aromatic heterocycles. The van der Waals surface area contributed by atoms with Crippen molar-refractivity contribution in [3.05, 3.63) is 83.2 Å². The van der Waals surface area contributed by atoms with Crippen LogP contribution in [-0.2, 0) is 16.4 Å². The minimum Gasteiger partial charge on any atom is -0.497 e. The summed E-state index contributed by atoms with van der Waals surface area (Å²) < 4.78 is 51.9. The van der Waals surface area contributed by atoms with Gasteiger partial charge in [0.2, 0.25) is 0 Å². The molecule has 0 heterocycles. The van der Waals surface area contributed by atoms with Gasteiger partial charge in [0.1, 0.15) is 17.3 Å². The lowest BCUT2D eigenvalue weighted by molar-refractivity contribution is 0.0954. The third kappa shape index (κ3) is 6.01. The van der Waals surface area contributed by atoms with Gasteiger partial charge in [-0.1, -0.05) is 18.2 Å². The largest absolute Gasteiger partial charge is 0.497 e. The van der Waals surface area contributed by atoms with Gasteiger partial charge < -0.3 is 14.8 Å². The molecule has 0 aliphatic carbocycles. The maximum absolute atomic E-state index is 13.8. The molecule has 0 fully saturated rings. The quantitative estimate of drug-likeness (QED) is 0.492. The van der Waals surface area contributed by atoms with Crippen molar-refractivity contribution in [1.29, 1.82) is 0 Å². The van der Waals surface area contributed by atoms with Gasteiger partial charge in [-0.25, -0.2) is 12.8 Å². The molecular formula is C24H25FN2O5S. The van der Waals surface area contributed by atoms with E-state index in [1.807, 2.05) is 12.1 Å². The number of ether oxygens (including phenoxy) is 2. The highest BCUT2D eigenvalue weighted by Gasteiger charge is 2.17. The number of carbonyl (C=O) groups is 1. The van der Waals surface area contributed by atoms with Crippen molar-refractivity contribution in [3.8, 4) is 11.5 Å². The van der Waals surface area contributed by atoms with Crippen LogP contribution in [0.2, 0.25) is 0 Å². The van der Waals surface area contributed by atoms with Gasteiger partial charge in [-0.3, -0.25) is 9.52 Å². The van der Waals surface area contributed by atoms with Crippen LogP contribution in [0.5, 0.6) is 11.5 Å². The van der Waals surface area contributed by atoms with E-state index >= 15 is 0 Å². The van der Waals surface area contributed by atoms with Gasteiger partial charge in [0.15, 0.2) is 0 Å². The highest BCUT2D eigenvalue weighted by atomic mass is 32.2. The first-order valence-corrected chi connectivity index (χ1v) is 11.6. The fourth-order valence-electron chi connectivity index (χ4n) is 3.15. The first-order chi connectivity index (χ1) is 15.7. The molecule has 0 bridgehead atoms. The Morgan fingerprint density at radius 2 is 1.79 bits per heavy atom. The van der Waals surface area contributed by atoms with E-state index in [1.165, 1.54) is 24.3 Å². The summed E-state index contributed by atoms with van der Waals surface area (Å²) >= 11 is 0. The molecule has 7 nitrogen and oxygen atoms in total. The number of hydrogen-bond donors (Lipinski definition) is 2. The van der Waals surface area contributed by atoms with Gasteiger partial charge in [-0.05, 0) is 60.9 Å². The first-order valence-electron chi connectivity index (χ1n) is 10.1. The van der Waals surface area contributed by atoms with Crippen molar-refractivity contribution in [2.75, 3.05) is 25.5 Å². The Hall–Kier alpha value is -3.59. The fraction of sp³-hybridized carbons (Fsp3) is 0.208. The third-order valence-electron chi connectivity index (χ3n) is 5.00. The van der Waals surface area contributed by atoms with E-state index in [0.29, 0.717) is 30.0 Å². The zero-order valence-electron chi connectivity index (χ0n) is 18.5. The van der Waals surface area contributed by atoms with Crippen LogP contribution in [-0.4, -0.2) is 35.1 Å². The van der Waals surface area contributed by atoms with Crippen LogP contribution in [0.25, 0.3) is 0 Å². The van der Waals surface area contributed by atoms with Crippen molar-refractivity contribution < 1.29 is 27.1 Å². The van der Waals surface area contributed by atoms with E-state index in [0.717, 1.165) is 11.6 Å². The standard InChI is InChI=1S/C24H25FN2O5S/c1-16-7-10-21(15-22(16)25)33(29,30)27-19-6-4-5-18(13-19)24(28)26-12-11-17-8-9-20(31-2)14-23(17)32-3/h4-10,13-15,27H,11-12H2,1-3H3,(H,26,28). The average molecular weight is 473 g/mol. The van der Waals surface area contributed by atoms with Crippen molar-refractivity contribution in [2.24, 2.45) is 0 Å². The molecular weight excluding hydrogens is 447 g/mol. The van der Waals surface area contributed by atoms with E-state index in [2.05, 4.69) is 10.0 Å². The summed E-state index contributed by atoms with van der Waals surface area (Å²) in [5.74, 6) is 0.365. The second kappa shape index (κ2) is 10.4. The predicted molar refractivity (Wildman–Crippen MR) is 124 cm³/mol. The van der Waals surface area contributed by atoms with Crippen LogP contribution in [0.15, 0.2) is 65.6 Å². The maximum atomic E-state index is 13.8. The van der Waals surface area contributed by atoms with E-state index in [9.17, 15) is 17.6 Å². The van der Waals surface area contributed by atoms with Crippen LogP contribution in [0, 0.1) is 12.7 Å². The average Bonchev–Trinajstić information content (AvgIpc) is 2.80. The number of sulfonamides is 1. The lowest BCUT2D eigenvalue weighted by Crippen LogP contribution is -2.26. The number of rotatable bonds is 9. The highest BCUT2D eigenvalue weighted by Crippen LogP contribution is 2.25. The molecule has 2 N–H and O–H groups in total. The Kier molecular flexibility index (Phi) is 7.55. The molecule has 1 amide bonds. The molecule has 9 heteroatoms. The summed E-state index contributed by atoms with van der Waals surface area (Å²) in [7, 11) is -0.872. The zero-order valence-corrected chi connectivity index (χ0v) is 19.3. The van der Waals surface area contributed by atoms with Gasteiger partial charge in [0.05, 0.1) is 19.1 Å². The van der Waals surface area contributed by atoms with Crippen LogP contribution in [0.4, 0.5) is 10.1 Å². The molecule has 0 radical (unpaired) electrons. The highest BCUT2D eigenvalue weighted by molar-refractivity contribution is 7.92. The molecule has 3 rings (SSSR count). The fourth-order valence-corrected chi connectivity index (χ4v) is 4.21.